The van der Waals surface area contributed by atoms with Crippen LogP contribution in [-0.2, 0) is 10.9 Å². The van der Waals surface area contributed by atoms with Gasteiger partial charge in [-0.25, -0.2) is 4.39 Å². The molecule has 0 aliphatic carbocycles. The molecule has 2 saturated heterocycles. The number of alkyl halides is 3. The number of piperazine rings is 1. The maximum Gasteiger partial charge on any atom is 0.417 e. The van der Waals surface area contributed by atoms with Gasteiger partial charge in [-0.05, 0) is 63.8 Å². The lowest BCUT2D eigenvalue weighted by Gasteiger charge is -2.44. The van der Waals surface area contributed by atoms with E-state index in [1.165, 1.54) is 12.1 Å². The van der Waals surface area contributed by atoms with Gasteiger partial charge in [0.15, 0.2) is 0 Å². The number of aromatic amines is 1. The first-order valence-corrected chi connectivity index (χ1v) is 14.8. The Bertz CT molecular complexity index is 1410. The number of H-pyrrole nitrogens is 1. The van der Waals surface area contributed by atoms with Crippen molar-refractivity contribution in [3.63, 3.8) is 0 Å². The molecular weight excluding hydrogens is 566 g/mol. The summed E-state index contributed by atoms with van der Waals surface area (Å²) >= 11 is 0. The second kappa shape index (κ2) is 12.8. The number of carbonyl (C=O) groups excluding carboxylic acids is 1. The molecule has 1 aromatic heterocycles. The van der Waals surface area contributed by atoms with Crippen LogP contribution < -0.4 is 15.8 Å². The molecule has 2 atom stereocenters. The number of halogens is 4. The molecule has 12 heteroatoms. The van der Waals surface area contributed by atoms with Crippen molar-refractivity contribution in [3.8, 4) is 0 Å². The predicted molar refractivity (Wildman–Crippen MR) is 158 cm³/mol. The summed E-state index contributed by atoms with van der Waals surface area (Å²) < 4.78 is 62.5. The normalized spacial score (nSPS) is 22.9. The van der Waals surface area contributed by atoms with Gasteiger partial charge in [-0.3, -0.25) is 19.4 Å². The number of anilines is 2. The van der Waals surface area contributed by atoms with Gasteiger partial charge in [0.25, 0.3) is 5.91 Å². The Morgan fingerprint density at radius 3 is 2.44 bits per heavy atom. The van der Waals surface area contributed by atoms with Gasteiger partial charge in [0.05, 0.1) is 22.5 Å². The Labute approximate surface area is 248 Å². The molecule has 4 heterocycles. The summed E-state index contributed by atoms with van der Waals surface area (Å²) in [7, 11) is 2.01. The first-order valence-electron chi connectivity index (χ1n) is 14.8. The molecule has 5 rings (SSSR count). The van der Waals surface area contributed by atoms with Gasteiger partial charge >= 0.3 is 6.18 Å². The van der Waals surface area contributed by atoms with E-state index in [0.717, 1.165) is 50.9 Å². The number of hydrogen-bond acceptors (Lipinski definition) is 6. The second-order valence-electron chi connectivity index (χ2n) is 12.0. The highest BCUT2D eigenvalue weighted by atomic mass is 19.4. The standard InChI is InChI=1S/C31H39F4N5O3/c1-19-16-40(17-20(2)38(19)3)28-14-26(32)23(22-4-8-39(9-5-22)18-21-6-10-43-11-7-21)12-27(28)37-30(42)24-15-36-29(41)13-25(24)31(33,34)35/h4,12-15,19-21H,5-11,16-18H2,1-3H3,(H,36,41)(H,37,42)/t19-,20+. The van der Waals surface area contributed by atoms with E-state index in [2.05, 4.69) is 20.1 Å². The average molecular weight is 606 g/mol. The van der Waals surface area contributed by atoms with Crippen molar-refractivity contribution in [2.24, 2.45) is 5.92 Å². The van der Waals surface area contributed by atoms with E-state index in [9.17, 15) is 22.8 Å². The summed E-state index contributed by atoms with van der Waals surface area (Å²) in [5, 5.41) is 2.63. The molecule has 8 nitrogen and oxygen atoms in total. The summed E-state index contributed by atoms with van der Waals surface area (Å²) in [5.41, 5.74) is -1.29. The lowest BCUT2D eigenvalue weighted by Crippen LogP contribution is -2.55. The summed E-state index contributed by atoms with van der Waals surface area (Å²) in [6.07, 6.45) is 0.511. The number of likely N-dealkylation sites (N-methyl/N-ethyl adjacent to an activating group) is 1. The molecule has 0 bridgehead atoms. The van der Waals surface area contributed by atoms with Gasteiger partial charge in [-0.15, -0.1) is 0 Å². The largest absolute Gasteiger partial charge is 0.417 e. The smallest absolute Gasteiger partial charge is 0.381 e. The molecule has 0 radical (unpaired) electrons. The van der Waals surface area contributed by atoms with Gasteiger partial charge in [0, 0.05) is 75.8 Å². The van der Waals surface area contributed by atoms with Crippen LogP contribution in [0, 0.1) is 11.7 Å². The van der Waals surface area contributed by atoms with E-state index >= 15 is 4.39 Å². The van der Waals surface area contributed by atoms with Gasteiger partial charge in [0.2, 0.25) is 5.56 Å². The quantitative estimate of drug-likeness (QED) is 0.460. The van der Waals surface area contributed by atoms with Crippen LogP contribution in [0.3, 0.4) is 0 Å². The van der Waals surface area contributed by atoms with Crippen LogP contribution in [0.1, 0.15) is 54.6 Å². The number of amides is 1. The summed E-state index contributed by atoms with van der Waals surface area (Å²) in [4.78, 5) is 33.7. The van der Waals surface area contributed by atoms with E-state index in [0.29, 0.717) is 49.3 Å². The highest BCUT2D eigenvalue weighted by Gasteiger charge is 2.36. The predicted octanol–water partition coefficient (Wildman–Crippen LogP) is 4.83. The minimum atomic E-state index is -4.91. The van der Waals surface area contributed by atoms with Crippen LogP contribution in [0.2, 0.25) is 0 Å². The number of carbonyl (C=O) groups is 1. The molecule has 2 N–H and O–H groups in total. The molecule has 1 amide bonds. The lowest BCUT2D eigenvalue weighted by molar-refractivity contribution is -0.138. The van der Waals surface area contributed by atoms with Crippen molar-refractivity contribution in [2.45, 2.75) is 51.4 Å². The second-order valence-corrected chi connectivity index (χ2v) is 12.0. The van der Waals surface area contributed by atoms with Crippen molar-refractivity contribution in [2.75, 3.05) is 63.2 Å². The number of rotatable bonds is 6. The van der Waals surface area contributed by atoms with Crippen molar-refractivity contribution in [1.82, 2.24) is 14.8 Å². The molecule has 1 aromatic carbocycles. The zero-order valence-electron chi connectivity index (χ0n) is 24.8. The molecule has 3 aliphatic rings. The molecule has 43 heavy (non-hydrogen) atoms. The number of hydrogen-bond donors (Lipinski definition) is 2. The molecule has 0 saturated carbocycles. The van der Waals surface area contributed by atoms with Crippen molar-refractivity contribution in [1.29, 1.82) is 0 Å². The fraction of sp³-hybridized carbons (Fsp3) is 0.548. The number of benzene rings is 1. The topological polar surface area (TPSA) is 80.9 Å². The van der Waals surface area contributed by atoms with Crippen LogP contribution in [-0.4, -0.2) is 85.8 Å². The van der Waals surface area contributed by atoms with Crippen molar-refractivity contribution < 1.29 is 27.1 Å². The summed E-state index contributed by atoms with van der Waals surface area (Å²) in [5.74, 6) is -0.918. The van der Waals surface area contributed by atoms with Gasteiger partial charge in [0.1, 0.15) is 5.82 Å². The van der Waals surface area contributed by atoms with E-state index in [1.807, 2.05) is 31.9 Å². The fourth-order valence-corrected chi connectivity index (χ4v) is 6.27. The van der Waals surface area contributed by atoms with Crippen molar-refractivity contribution >= 4 is 22.9 Å². The lowest BCUT2D eigenvalue weighted by atomic mass is 9.95. The van der Waals surface area contributed by atoms with Gasteiger partial charge < -0.3 is 19.9 Å². The van der Waals surface area contributed by atoms with Crippen LogP contribution in [0.15, 0.2) is 35.3 Å². The van der Waals surface area contributed by atoms with Crippen molar-refractivity contribution in [3.05, 3.63) is 63.3 Å². The average Bonchev–Trinajstić information content (AvgIpc) is 2.97. The number of nitrogens with zero attached hydrogens (tertiary/aromatic N) is 3. The van der Waals surface area contributed by atoms with Crippen LogP contribution in [0.5, 0.6) is 0 Å². The first kappa shape index (κ1) is 31.2. The third-order valence-electron chi connectivity index (χ3n) is 9.00. The van der Waals surface area contributed by atoms with Gasteiger partial charge in [-0.1, -0.05) is 6.08 Å². The van der Waals surface area contributed by atoms with E-state index in [-0.39, 0.29) is 17.8 Å². The summed E-state index contributed by atoms with van der Waals surface area (Å²) in [6.45, 7) is 9.09. The Morgan fingerprint density at radius 1 is 1.12 bits per heavy atom. The molecule has 0 unspecified atom stereocenters. The number of aromatic nitrogens is 1. The monoisotopic (exact) mass is 605 g/mol. The first-order chi connectivity index (χ1) is 20.4. The zero-order chi connectivity index (χ0) is 30.9. The summed E-state index contributed by atoms with van der Waals surface area (Å²) in [6, 6.07) is 3.52. The molecule has 234 valence electrons. The third kappa shape index (κ3) is 7.13. The Hall–Kier alpha value is -3.22. The number of ether oxygens (including phenoxy) is 1. The minimum absolute atomic E-state index is 0.119. The van der Waals surface area contributed by atoms with Crippen LogP contribution in [0.4, 0.5) is 28.9 Å². The van der Waals surface area contributed by atoms with E-state index < -0.39 is 34.6 Å². The minimum Gasteiger partial charge on any atom is -0.381 e. The van der Waals surface area contributed by atoms with Crippen LogP contribution >= 0.6 is 0 Å². The van der Waals surface area contributed by atoms with E-state index in [1.54, 1.807) is 0 Å². The molecule has 0 spiro atoms. The maximum absolute atomic E-state index is 15.8. The SMILES string of the molecule is C[C@@H]1CN(c2cc(F)c(C3=CCN(CC4CCOCC4)CC3)cc2NC(=O)c2c[nH]c(=O)cc2C(F)(F)F)C[C@H](C)N1C. The highest BCUT2D eigenvalue weighted by molar-refractivity contribution is 6.07. The molecule has 2 aromatic rings. The maximum atomic E-state index is 15.8. The number of nitrogens with one attached hydrogen (secondary N) is 2. The fourth-order valence-electron chi connectivity index (χ4n) is 6.27. The molecule has 3 aliphatic heterocycles. The van der Waals surface area contributed by atoms with Gasteiger partial charge in [-0.2, -0.15) is 13.2 Å². The third-order valence-corrected chi connectivity index (χ3v) is 9.00. The molecule has 2 fully saturated rings. The zero-order valence-corrected chi connectivity index (χ0v) is 24.8. The van der Waals surface area contributed by atoms with E-state index in [4.69, 9.17) is 4.74 Å². The van der Waals surface area contributed by atoms with Crippen LogP contribution in [0.25, 0.3) is 5.57 Å². The number of pyridine rings is 1. The molecular formula is C31H39F4N5O3. The highest BCUT2D eigenvalue weighted by Crippen LogP contribution is 2.37. The Kier molecular flexibility index (Phi) is 9.29. The Morgan fingerprint density at radius 2 is 1.81 bits per heavy atom. The Balaban J connectivity index is 1.47.